The lowest BCUT2D eigenvalue weighted by molar-refractivity contribution is -0.255. The molecule has 0 amide bonds. The summed E-state index contributed by atoms with van der Waals surface area (Å²) in [5.74, 6) is -3.28. The molecule has 2 heterocycles. The van der Waals surface area contributed by atoms with Crippen LogP contribution in [0.2, 0.25) is 0 Å². The normalized spacial score (nSPS) is 13.9. The molecule has 0 radical (unpaired) electrons. The van der Waals surface area contributed by atoms with Crippen molar-refractivity contribution in [3.63, 3.8) is 0 Å². The van der Waals surface area contributed by atoms with Gasteiger partial charge in [0.25, 0.3) is 0 Å². The van der Waals surface area contributed by atoms with Crippen molar-refractivity contribution in [3.05, 3.63) is 88.4 Å². The molecule has 2 aromatic heterocycles. The number of halogens is 5. The number of rotatable bonds is 6. The van der Waals surface area contributed by atoms with E-state index in [2.05, 4.69) is 9.97 Å². The smallest absolute Gasteiger partial charge is 0.417 e. The van der Waals surface area contributed by atoms with Gasteiger partial charge in [0.2, 0.25) is 5.88 Å². The predicted octanol–water partition coefficient (Wildman–Crippen LogP) is 4.81. The largest absolute Gasteiger partial charge is 0.543 e. The molecule has 10 heteroatoms. The van der Waals surface area contributed by atoms with Crippen molar-refractivity contribution in [1.82, 2.24) is 9.97 Å². The molecule has 0 saturated heterocycles. The molecule has 1 aliphatic carbocycles. The Bertz CT molecular complexity index is 1290. The van der Waals surface area contributed by atoms with E-state index in [1.807, 2.05) is 0 Å². The Morgan fingerprint density at radius 3 is 2.53 bits per heavy atom. The van der Waals surface area contributed by atoms with Gasteiger partial charge in [0.1, 0.15) is 18.2 Å². The molecular weight excluding hydrogens is 459 g/mol. The highest BCUT2D eigenvalue weighted by atomic mass is 19.4. The molecule has 0 atom stereocenters. The predicted molar refractivity (Wildman–Crippen MR) is 109 cm³/mol. The molecule has 4 rings (SSSR count). The minimum atomic E-state index is -4.67. The molecule has 0 N–H and O–H groups in total. The molecule has 0 unspecified atom stereocenters. The number of aromatic nitrogens is 2. The second-order valence-corrected chi connectivity index (χ2v) is 7.61. The number of allylic oxidation sites excluding steroid dienone is 2. The summed E-state index contributed by atoms with van der Waals surface area (Å²) < 4.78 is 73.0. The van der Waals surface area contributed by atoms with Crippen LogP contribution in [0.5, 0.6) is 5.88 Å². The third kappa shape index (κ3) is 4.90. The van der Waals surface area contributed by atoms with Crippen LogP contribution >= 0.6 is 0 Å². The number of carbonyl (C=O) groups is 1. The van der Waals surface area contributed by atoms with E-state index in [0.717, 1.165) is 12.1 Å². The highest BCUT2D eigenvalue weighted by Gasteiger charge is 2.33. The SMILES string of the molecule is O=C([O-])c1cccc(C2=C(c3cc(C(F)(F)F)cnc3OCc3ccc(F)cc3F)CCC2)n1. The summed E-state index contributed by atoms with van der Waals surface area (Å²) in [6.45, 7) is -0.390. The number of pyridine rings is 2. The van der Waals surface area contributed by atoms with Gasteiger partial charge in [0, 0.05) is 23.4 Å². The van der Waals surface area contributed by atoms with E-state index >= 15 is 0 Å². The fourth-order valence-corrected chi connectivity index (χ4v) is 3.76. The van der Waals surface area contributed by atoms with Gasteiger partial charge in [-0.1, -0.05) is 6.07 Å². The maximum Gasteiger partial charge on any atom is 0.417 e. The van der Waals surface area contributed by atoms with Crippen molar-refractivity contribution < 1.29 is 36.6 Å². The average Bonchev–Trinajstić information content (AvgIpc) is 3.27. The van der Waals surface area contributed by atoms with E-state index in [-0.39, 0.29) is 22.7 Å². The topological polar surface area (TPSA) is 75.1 Å². The summed E-state index contributed by atoms with van der Waals surface area (Å²) >= 11 is 0. The molecule has 3 aromatic rings. The van der Waals surface area contributed by atoms with Gasteiger partial charge >= 0.3 is 6.18 Å². The Balaban J connectivity index is 1.78. The zero-order chi connectivity index (χ0) is 24.5. The number of nitrogens with zero attached hydrogens (tertiary/aromatic N) is 2. The number of alkyl halides is 3. The van der Waals surface area contributed by atoms with Crippen molar-refractivity contribution in [2.45, 2.75) is 32.0 Å². The first kappa shape index (κ1) is 23.3. The van der Waals surface area contributed by atoms with Crippen LogP contribution in [0.25, 0.3) is 11.1 Å². The van der Waals surface area contributed by atoms with E-state index in [0.29, 0.717) is 48.4 Å². The van der Waals surface area contributed by atoms with Crippen LogP contribution in [0.3, 0.4) is 0 Å². The zero-order valence-corrected chi connectivity index (χ0v) is 17.5. The number of benzene rings is 1. The number of carboxylic acid groups (broad SMARTS) is 1. The summed E-state index contributed by atoms with van der Waals surface area (Å²) in [5, 5.41) is 11.2. The van der Waals surface area contributed by atoms with Crippen LogP contribution < -0.4 is 9.84 Å². The standard InChI is InChI=1S/C24H17F5N2O3/c25-15-8-7-13(19(26)10-15)12-34-22-18(9-14(11-30-22)24(27,28)29)16-3-1-4-17(16)20-5-2-6-21(31-20)23(32)33/h2,5-11H,1,3-4,12H2,(H,32,33)/p-1. The minimum Gasteiger partial charge on any atom is -0.543 e. The number of carboxylic acids is 1. The van der Waals surface area contributed by atoms with Crippen molar-refractivity contribution in [2.24, 2.45) is 0 Å². The summed E-state index contributed by atoms with van der Waals surface area (Å²) in [7, 11) is 0. The number of ether oxygens (including phenoxy) is 1. The molecule has 0 bridgehead atoms. The highest BCUT2D eigenvalue weighted by Crippen LogP contribution is 2.43. The fraction of sp³-hybridized carbons (Fsp3) is 0.208. The molecule has 0 aliphatic heterocycles. The maximum absolute atomic E-state index is 14.0. The fourth-order valence-electron chi connectivity index (χ4n) is 3.76. The summed E-state index contributed by atoms with van der Waals surface area (Å²) in [5.41, 5.74) is 0.0588. The second kappa shape index (κ2) is 9.20. The highest BCUT2D eigenvalue weighted by molar-refractivity contribution is 5.94. The molecule has 1 aliphatic rings. The van der Waals surface area contributed by atoms with Crippen molar-refractivity contribution in [2.75, 3.05) is 0 Å². The Kier molecular flexibility index (Phi) is 6.32. The van der Waals surface area contributed by atoms with Gasteiger partial charge in [0.15, 0.2) is 0 Å². The van der Waals surface area contributed by atoms with Gasteiger partial charge in [0.05, 0.1) is 22.9 Å². The summed E-state index contributed by atoms with van der Waals surface area (Å²) in [6.07, 6.45) is -2.65. The third-order valence-electron chi connectivity index (χ3n) is 5.37. The lowest BCUT2D eigenvalue weighted by Crippen LogP contribution is -2.23. The first-order valence-electron chi connectivity index (χ1n) is 10.2. The van der Waals surface area contributed by atoms with Crippen molar-refractivity contribution in [1.29, 1.82) is 0 Å². The number of aromatic carboxylic acids is 1. The van der Waals surface area contributed by atoms with Gasteiger partial charge in [-0.15, -0.1) is 0 Å². The maximum atomic E-state index is 14.0. The van der Waals surface area contributed by atoms with Crippen LogP contribution in [-0.4, -0.2) is 15.9 Å². The van der Waals surface area contributed by atoms with Crippen molar-refractivity contribution >= 4 is 17.1 Å². The van der Waals surface area contributed by atoms with Crippen LogP contribution in [-0.2, 0) is 12.8 Å². The summed E-state index contributed by atoms with van der Waals surface area (Å²) in [6, 6.07) is 8.06. The minimum absolute atomic E-state index is 0.00185. The lowest BCUT2D eigenvalue weighted by Gasteiger charge is -2.16. The van der Waals surface area contributed by atoms with Crippen LogP contribution in [0.15, 0.2) is 48.7 Å². The van der Waals surface area contributed by atoms with Crippen LogP contribution in [0.1, 0.15) is 52.1 Å². The van der Waals surface area contributed by atoms with Gasteiger partial charge in [-0.3, -0.25) is 0 Å². The molecule has 176 valence electrons. The first-order chi connectivity index (χ1) is 16.1. The summed E-state index contributed by atoms with van der Waals surface area (Å²) in [4.78, 5) is 19.1. The number of hydrogen-bond acceptors (Lipinski definition) is 5. The molecule has 1 aromatic carbocycles. The molecule has 0 spiro atoms. The van der Waals surface area contributed by atoms with Gasteiger partial charge < -0.3 is 14.6 Å². The first-order valence-corrected chi connectivity index (χ1v) is 10.2. The number of hydrogen-bond donors (Lipinski definition) is 0. The molecule has 5 nitrogen and oxygen atoms in total. The van der Waals surface area contributed by atoms with E-state index in [1.54, 1.807) is 6.07 Å². The second-order valence-electron chi connectivity index (χ2n) is 7.61. The van der Waals surface area contributed by atoms with E-state index < -0.39 is 36.0 Å². The third-order valence-corrected chi connectivity index (χ3v) is 5.37. The molecule has 0 saturated carbocycles. The average molecular weight is 475 g/mol. The Morgan fingerprint density at radius 2 is 1.82 bits per heavy atom. The Labute approximate surface area is 190 Å². The lowest BCUT2D eigenvalue weighted by atomic mass is 9.99. The number of carbonyl (C=O) groups excluding carboxylic acids is 1. The molecule has 0 fully saturated rings. The molecule has 34 heavy (non-hydrogen) atoms. The van der Waals surface area contributed by atoms with Crippen molar-refractivity contribution in [3.8, 4) is 5.88 Å². The zero-order valence-electron chi connectivity index (χ0n) is 17.5. The van der Waals surface area contributed by atoms with E-state index in [1.165, 1.54) is 18.2 Å². The Hall–Kier alpha value is -3.82. The van der Waals surface area contributed by atoms with Gasteiger partial charge in [-0.2, -0.15) is 13.2 Å². The van der Waals surface area contributed by atoms with Crippen LogP contribution in [0.4, 0.5) is 22.0 Å². The van der Waals surface area contributed by atoms with Crippen LogP contribution in [0, 0.1) is 11.6 Å². The quantitative estimate of drug-likeness (QED) is 0.479. The monoisotopic (exact) mass is 475 g/mol. The van der Waals surface area contributed by atoms with Gasteiger partial charge in [-0.05, 0) is 60.7 Å². The van der Waals surface area contributed by atoms with E-state index in [9.17, 15) is 31.9 Å². The molecular formula is C24H16F5N2O3-. The van der Waals surface area contributed by atoms with E-state index in [4.69, 9.17) is 4.74 Å². The Morgan fingerprint density at radius 1 is 1.06 bits per heavy atom. The van der Waals surface area contributed by atoms with Gasteiger partial charge in [-0.25, -0.2) is 18.7 Å².